The average Bonchev–Trinajstić information content (AvgIpc) is 2.34. The van der Waals surface area contributed by atoms with Crippen LogP contribution in [0, 0.1) is 20.8 Å². The van der Waals surface area contributed by atoms with Gasteiger partial charge in [0.2, 0.25) is 9.84 Å². The summed E-state index contributed by atoms with van der Waals surface area (Å²) in [6, 6.07) is 7.08. The first-order valence-corrected chi connectivity index (χ1v) is 7.56. The van der Waals surface area contributed by atoms with Crippen LogP contribution in [0.15, 0.2) is 40.1 Å². The number of phenols is 2. The van der Waals surface area contributed by atoms with Gasteiger partial charge in [-0.05, 0) is 61.7 Å². The normalized spacial score (nSPS) is 11.6. The fourth-order valence-corrected chi connectivity index (χ4v) is 3.38. The summed E-state index contributed by atoms with van der Waals surface area (Å²) in [4.78, 5) is -0.192. The average molecular weight is 292 g/mol. The van der Waals surface area contributed by atoms with E-state index < -0.39 is 9.84 Å². The molecule has 4 nitrogen and oxygen atoms in total. The molecule has 0 saturated carbocycles. The van der Waals surface area contributed by atoms with Crippen molar-refractivity contribution in [2.24, 2.45) is 0 Å². The van der Waals surface area contributed by atoms with Gasteiger partial charge in [-0.15, -0.1) is 0 Å². The number of hydrogen-bond acceptors (Lipinski definition) is 4. The van der Waals surface area contributed by atoms with Crippen LogP contribution in [0.5, 0.6) is 11.5 Å². The molecule has 0 fully saturated rings. The molecule has 20 heavy (non-hydrogen) atoms. The molecule has 0 aromatic heterocycles. The van der Waals surface area contributed by atoms with E-state index in [1.165, 1.54) is 24.3 Å². The van der Waals surface area contributed by atoms with Crippen molar-refractivity contribution in [3.05, 3.63) is 47.0 Å². The number of sulfone groups is 1. The number of hydrogen-bond donors (Lipinski definition) is 2. The van der Waals surface area contributed by atoms with E-state index in [0.717, 1.165) is 5.56 Å². The fourth-order valence-electron chi connectivity index (χ4n) is 1.95. The number of aryl methyl sites for hydroxylation is 2. The lowest BCUT2D eigenvalue weighted by Crippen LogP contribution is -2.03. The van der Waals surface area contributed by atoms with Crippen molar-refractivity contribution in [3.8, 4) is 11.5 Å². The van der Waals surface area contributed by atoms with Gasteiger partial charge in [0, 0.05) is 0 Å². The third kappa shape index (κ3) is 2.36. The quantitative estimate of drug-likeness (QED) is 0.892. The third-order valence-corrected chi connectivity index (χ3v) is 5.11. The molecule has 5 heteroatoms. The molecule has 2 aromatic carbocycles. The second kappa shape index (κ2) is 4.83. The highest BCUT2D eigenvalue weighted by molar-refractivity contribution is 7.91. The van der Waals surface area contributed by atoms with Crippen LogP contribution >= 0.6 is 0 Å². The molecular formula is C15H16O4S. The maximum absolute atomic E-state index is 12.5. The zero-order chi connectivity index (χ0) is 15.1. The number of aromatic hydroxyl groups is 2. The van der Waals surface area contributed by atoms with Crippen molar-refractivity contribution in [1.82, 2.24) is 0 Å². The van der Waals surface area contributed by atoms with Gasteiger partial charge in [-0.2, -0.15) is 0 Å². The smallest absolute Gasteiger partial charge is 0.210 e. The number of phenolic OH excluding ortho intramolecular Hbond substituents is 2. The lowest BCUT2D eigenvalue weighted by molar-refractivity contribution is 0.457. The summed E-state index contributed by atoms with van der Waals surface area (Å²) in [5.41, 5.74) is 2.08. The fraction of sp³-hybridized carbons (Fsp3) is 0.200. The number of benzene rings is 2. The molecule has 2 aromatic rings. The molecule has 0 saturated heterocycles. The first-order valence-electron chi connectivity index (χ1n) is 6.08. The van der Waals surface area contributed by atoms with Crippen LogP contribution < -0.4 is 0 Å². The minimum atomic E-state index is -3.86. The zero-order valence-electron chi connectivity index (χ0n) is 11.5. The van der Waals surface area contributed by atoms with Crippen LogP contribution in [0.3, 0.4) is 0 Å². The Balaban J connectivity index is 2.67. The van der Waals surface area contributed by atoms with Gasteiger partial charge in [0.1, 0.15) is 16.4 Å². The monoisotopic (exact) mass is 292 g/mol. The van der Waals surface area contributed by atoms with Gasteiger partial charge in [-0.25, -0.2) is 8.42 Å². The Labute approximate surface area is 118 Å². The van der Waals surface area contributed by atoms with Crippen LogP contribution in [0.4, 0.5) is 0 Å². The van der Waals surface area contributed by atoms with Crippen LogP contribution in [0.1, 0.15) is 16.7 Å². The van der Waals surface area contributed by atoms with Crippen molar-refractivity contribution in [1.29, 1.82) is 0 Å². The standard InChI is InChI=1S/C15H16O4S/c1-9-4-5-15(14(17)6-9)20(18,19)12-7-10(2)11(3)13(16)8-12/h4-8,16-17H,1-3H3. The summed E-state index contributed by atoms with van der Waals surface area (Å²) in [6.07, 6.45) is 0. The van der Waals surface area contributed by atoms with Gasteiger partial charge in [-0.3, -0.25) is 0 Å². The Morgan fingerprint density at radius 1 is 0.900 bits per heavy atom. The van der Waals surface area contributed by atoms with Crippen LogP contribution in [-0.2, 0) is 9.84 Å². The van der Waals surface area contributed by atoms with E-state index >= 15 is 0 Å². The van der Waals surface area contributed by atoms with Crippen molar-refractivity contribution >= 4 is 9.84 Å². The van der Waals surface area contributed by atoms with E-state index in [0.29, 0.717) is 11.1 Å². The minimum Gasteiger partial charge on any atom is -0.508 e. The topological polar surface area (TPSA) is 74.6 Å². The summed E-state index contributed by atoms with van der Waals surface area (Å²) in [7, 11) is -3.86. The molecule has 0 spiro atoms. The second-order valence-electron chi connectivity index (χ2n) is 4.86. The Hall–Kier alpha value is -2.01. The van der Waals surface area contributed by atoms with Gasteiger partial charge in [0.15, 0.2) is 0 Å². The molecular weight excluding hydrogens is 276 g/mol. The first-order chi connectivity index (χ1) is 9.23. The van der Waals surface area contributed by atoms with E-state index in [1.807, 2.05) is 0 Å². The Morgan fingerprint density at radius 3 is 2.10 bits per heavy atom. The molecule has 0 unspecified atom stereocenters. The van der Waals surface area contributed by atoms with E-state index in [-0.39, 0.29) is 21.3 Å². The summed E-state index contributed by atoms with van der Waals surface area (Å²) >= 11 is 0. The molecule has 0 amide bonds. The second-order valence-corrected chi connectivity index (χ2v) is 6.78. The highest BCUT2D eigenvalue weighted by Crippen LogP contribution is 2.32. The molecule has 2 N–H and O–H groups in total. The highest BCUT2D eigenvalue weighted by Gasteiger charge is 2.23. The van der Waals surface area contributed by atoms with Gasteiger partial charge in [-0.1, -0.05) is 6.07 Å². The first kappa shape index (κ1) is 14.4. The van der Waals surface area contributed by atoms with E-state index in [9.17, 15) is 18.6 Å². The van der Waals surface area contributed by atoms with Gasteiger partial charge in [0.25, 0.3) is 0 Å². The molecule has 0 radical (unpaired) electrons. The van der Waals surface area contributed by atoms with Gasteiger partial charge in [0.05, 0.1) is 4.90 Å². The third-order valence-electron chi connectivity index (χ3n) is 3.33. The largest absolute Gasteiger partial charge is 0.508 e. The summed E-state index contributed by atoms with van der Waals surface area (Å²) in [5.74, 6) is -0.363. The Kier molecular flexibility index (Phi) is 3.48. The molecule has 0 bridgehead atoms. The van der Waals surface area contributed by atoms with Crippen molar-refractivity contribution in [2.75, 3.05) is 0 Å². The van der Waals surface area contributed by atoms with Crippen LogP contribution in [0.25, 0.3) is 0 Å². The zero-order valence-corrected chi connectivity index (χ0v) is 12.3. The molecule has 0 aliphatic heterocycles. The summed E-state index contributed by atoms with van der Waals surface area (Å²) < 4.78 is 25.0. The van der Waals surface area contributed by atoms with E-state index in [4.69, 9.17) is 0 Å². The molecule has 0 heterocycles. The maximum Gasteiger partial charge on any atom is 0.210 e. The predicted molar refractivity (Wildman–Crippen MR) is 75.9 cm³/mol. The van der Waals surface area contributed by atoms with Gasteiger partial charge >= 0.3 is 0 Å². The summed E-state index contributed by atoms with van der Waals surface area (Å²) in [6.45, 7) is 5.20. The lowest BCUT2D eigenvalue weighted by atomic mass is 10.1. The van der Waals surface area contributed by atoms with Crippen LogP contribution in [-0.4, -0.2) is 18.6 Å². The van der Waals surface area contributed by atoms with Crippen molar-refractivity contribution in [3.63, 3.8) is 0 Å². The van der Waals surface area contributed by atoms with E-state index in [1.54, 1.807) is 26.8 Å². The minimum absolute atomic E-state index is 0.0303. The molecule has 0 atom stereocenters. The van der Waals surface area contributed by atoms with Crippen LogP contribution in [0.2, 0.25) is 0 Å². The SMILES string of the molecule is Cc1ccc(S(=O)(=O)c2cc(C)c(C)c(O)c2)c(O)c1. The Morgan fingerprint density at radius 2 is 1.55 bits per heavy atom. The van der Waals surface area contributed by atoms with Crippen molar-refractivity contribution < 1.29 is 18.6 Å². The lowest BCUT2D eigenvalue weighted by Gasteiger charge is -2.10. The summed E-state index contributed by atoms with van der Waals surface area (Å²) in [5, 5.41) is 19.6. The molecule has 106 valence electrons. The highest BCUT2D eigenvalue weighted by atomic mass is 32.2. The maximum atomic E-state index is 12.5. The molecule has 2 rings (SSSR count). The van der Waals surface area contributed by atoms with Crippen molar-refractivity contribution in [2.45, 2.75) is 30.6 Å². The molecule has 0 aliphatic rings. The number of rotatable bonds is 2. The Bertz CT molecular complexity index is 753. The van der Waals surface area contributed by atoms with E-state index in [2.05, 4.69) is 0 Å². The van der Waals surface area contributed by atoms with Gasteiger partial charge < -0.3 is 10.2 Å². The molecule has 0 aliphatic carbocycles. The predicted octanol–water partition coefficient (Wildman–Crippen LogP) is 2.86.